The molecule has 0 saturated heterocycles. The number of benzene rings is 3. The second-order valence-corrected chi connectivity index (χ2v) is 6.59. The van der Waals surface area contributed by atoms with E-state index in [2.05, 4.69) is 6.58 Å². The molecule has 0 unspecified atom stereocenters. The Hall–Kier alpha value is -4.06. The first-order chi connectivity index (χ1) is 15.0. The molecule has 3 rings (SSSR count). The van der Waals surface area contributed by atoms with Gasteiger partial charge in [0, 0.05) is 5.56 Å². The van der Waals surface area contributed by atoms with Crippen LogP contribution in [0.4, 0.5) is 0 Å². The maximum absolute atomic E-state index is 11.0. The fourth-order valence-corrected chi connectivity index (χ4v) is 3.21. The number of rotatable bonds is 8. The highest BCUT2D eigenvalue weighted by Gasteiger charge is 2.22. The van der Waals surface area contributed by atoms with Crippen LogP contribution in [0.5, 0.6) is 34.5 Å². The lowest BCUT2D eigenvalue weighted by Crippen LogP contribution is -1.96. The van der Waals surface area contributed by atoms with Crippen LogP contribution in [-0.4, -0.2) is 36.1 Å². The predicted octanol–water partition coefficient (Wildman–Crippen LogP) is 5.28. The van der Waals surface area contributed by atoms with Crippen molar-refractivity contribution >= 4 is 0 Å². The molecule has 0 aliphatic carbocycles. The van der Waals surface area contributed by atoms with Gasteiger partial charge in [-0.05, 0) is 47.5 Å². The third-order valence-corrected chi connectivity index (χ3v) is 4.68. The first-order valence-electron chi connectivity index (χ1n) is 9.51. The third-order valence-electron chi connectivity index (χ3n) is 4.68. The van der Waals surface area contributed by atoms with E-state index >= 15 is 0 Å². The first kappa shape index (κ1) is 21.6. The number of phenolic OH excluding ortho intramolecular Hbond substituents is 3. The normalized spacial score (nSPS) is 10.8. The highest BCUT2D eigenvalue weighted by atomic mass is 16.5. The number of methoxy groups -OCH3 is 2. The highest BCUT2D eigenvalue weighted by Crippen LogP contribution is 2.50. The summed E-state index contributed by atoms with van der Waals surface area (Å²) in [5.41, 5.74) is 2.22. The van der Waals surface area contributed by atoms with Gasteiger partial charge in [0.1, 0.15) is 18.1 Å². The lowest BCUT2D eigenvalue weighted by molar-refractivity contribution is 0.336. The van der Waals surface area contributed by atoms with E-state index in [1.54, 1.807) is 60.7 Å². The topological polar surface area (TPSA) is 88.4 Å². The third kappa shape index (κ3) is 4.59. The molecule has 0 saturated carbocycles. The van der Waals surface area contributed by atoms with Gasteiger partial charge in [0.2, 0.25) is 0 Å². The van der Waals surface area contributed by atoms with Crippen LogP contribution in [0.15, 0.2) is 73.3 Å². The van der Waals surface area contributed by atoms with Crippen LogP contribution in [0, 0.1) is 0 Å². The van der Waals surface area contributed by atoms with Gasteiger partial charge in [0.15, 0.2) is 23.0 Å². The molecule has 0 spiro atoms. The summed E-state index contributed by atoms with van der Waals surface area (Å²) in [5, 5.41) is 31.0. The van der Waals surface area contributed by atoms with E-state index < -0.39 is 0 Å². The van der Waals surface area contributed by atoms with Gasteiger partial charge in [0.05, 0.1) is 19.8 Å². The Kier molecular flexibility index (Phi) is 6.72. The number of phenols is 3. The minimum Gasteiger partial charge on any atom is -0.508 e. The van der Waals surface area contributed by atoms with Crippen molar-refractivity contribution in [3.8, 4) is 56.8 Å². The zero-order valence-electron chi connectivity index (χ0n) is 17.3. The van der Waals surface area contributed by atoms with Gasteiger partial charge >= 0.3 is 0 Å². The Balaban J connectivity index is 2.07. The first-order valence-corrected chi connectivity index (χ1v) is 9.51. The summed E-state index contributed by atoms with van der Waals surface area (Å²) in [7, 11) is 2.95. The van der Waals surface area contributed by atoms with E-state index in [0.717, 1.165) is 5.56 Å². The summed E-state index contributed by atoms with van der Waals surface area (Å²) >= 11 is 0. The Morgan fingerprint density at radius 2 is 1.58 bits per heavy atom. The Bertz CT molecular complexity index is 1100. The van der Waals surface area contributed by atoms with Gasteiger partial charge < -0.3 is 29.5 Å². The van der Waals surface area contributed by atoms with Crippen LogP contribution in [0.2, 0.25) is 0 Å². The molecule has 0 bridgehead atoms. The fourth-order valence-electron chi connectivity index (χ4n) is 3.21. The minimum atomic E-state index is -0.132. The molecule has 0 aromatic heterocycles. The van der Waals surface area contributed by atoms with Gasteiger partial charge in [-0.1, -0.05) is 36.9 Å². The quantitative estimate of drug-likeness (QED) is 0.430. The summed E-state index contributed by atoms with van der Waals surface area (Å²) in [6.07, 6.45) is 5.15. The van der Waals surface area contributed by atoms with Crippen LogP contribution in [0.1, 0.15) is 0 Å². The van der Waals surface area contributed by atoms with E-state index in [4.69, 9.17) is 14.2 Å². The van der Waals surface area contributed by atoms with Crippen molar-refractivity contribution in [3.63, 3.8) is 0 Å². The van der Waals surface area contributed by atoms with Crippen molar-refractivity contribution in [1.29, 1.82) is 0 Å². The van der Waals surface area contributed by atoms with E-state index in [0.29, 0.717) is 28.2 Å². The molecule has 3 aromatic rings. The zero-order valence-corrected chi connectivity index (χ0v) is 17.3. The van der Waals surface area contributed by atoms with Crippen molar-refractivity contribution in [3.05, 3.63) is 73.3 Å². The molecule has 3 aromatic carbocycles. The van der Waals surface area contributed by atoms with Gasteiger partial charge in [0.25, 0.3) is 0 Å². The van der Waals surface area contributed by atoms with E-state index in [9.17, 15) is 15.3 Å². The number of aromatic hydroxyl groups is 3. The van der Waals surface area contributed by atoms with Gasteiger partial charge in [-0.2, -0.15) is 0 Å². The van der Waals surface area contributed by atoms with Gasteiger partial charge in [-0.15, -0.1) is 0 Å². The second kappa shape index (κ2) is 9.63. The molecule has 3 N–H and O–H groups in total. The molecule has 31 heavy (non-hydrogen) atoms. The van der Waals surface area contributed by atoms with Crippen LogP contribution in [-0.2, 0) is 0 Å². The van der Waals surface area contributed by atoms with Crippen molar-refractivity contribution < 1.29 is 29.5 Å². The van der Waals surface area contributed by atoms with E-state index in [1.165, 1.54) is 20.3 Å². The largest absolute Gasteiger partial charge is 0.508 e. The lowest BCUT2D eigenvalue weighted by atomic mass is 9.96. The second-order valence-electron chi connectivity index (χ2n) is 6.59. The molecule has 0 amide bonds. The minimum absolute atomic E-state index is 0.0764. The van der Waals surface area contributed by atoms with Gasteiger partial charge in [-0.3, -0.25) is 0 Å². The number of hydrogen-bond acceptors (Lipinski definition) is 6. The average molecular weight is 420 g/mol. The van der Waals surface area contributed by atoms with Crippen LogP contribution < -0.4 is 14.2 Å². The Labute approximate surface area is 180 Å². The number of hydrogen-bond donors (Lipinski definition) is 3. The van der Waals surface area contributed by atoms with Crippen molar-refractivity contribution in [1.82, 2.24) is 0 Å². The van der Waals surface area contributed by atoms with Crippen molar-refractivity contribution in [2.75, 3.05) is 20.8 Å². The summed E-state index contributed by atoms with van der Waals surface area (Å²) in [5.74, 6) is 0.871. The fraction of sp³-hybridized carbons (Fsp3) is 0.120. The molecule has 0 atom stereocenters. The van der Waals surface area contributed by atoms with Crippen molar-refractivity contribution in [2.45, 2.75) is 0 Å². The monoisotopic (exact) mass is 420 g/mol. The van der Waals surface area contributed by atoms with Gasteiger partial charge in [-0.25, -0.2) is 0 Å². The predicted molar refractivity (Wildman–Crippen MR) is 120 cm³/mol. The highest BCUT2D eigenvalue weighted by molar-refractivity contribution is 5.88. The van der Waals surface area contributed by atoms with E-state index in [1.807, 2.05) is 0 Å². The maximum atomic E-state index is 11.0. The molecule has 160 valence electrons. The standard InChI is InChI=1S/C25H24O6/c1-4-5-6-13-31-21-12-9-17(14-20(21)27)23-22(29-2)15-19(25(30-3)24(23)28)16-7-10-18(26)11-8-16/h4-12,14-15,26-28H,1,13H2,2-3H3. The Morgan fingerprint density at radius 3 is 2.19 bits per heavy atom. The SMILES string of the molecule is C=CC=CCOc1ccc(-c2c(OC)cc(-c3ccc(O)cc3)c(OC)c2O)cc1O. The van der Waals surface area contributed by atoms with Crippen molar-refractivity contribution in [2.24, 2.45) is 0 Å². The van der Waals surface area contributed by atoms with E-state index in [-0.39, 0.29) is 29.6 Å². The number of ether oxygens (including phenoxy) is 3. The lowest BCUT2D eigenvalue weighted by Gasteiger charge is -2.18. The summed E-state index contributed by atoms with van der Waals surface area (Å²) in [4.78, 5) is 0. The smallest absolute Gasteiger partial charge is 0.170 e. The van der Waals surface area contributed by atoms with Crippen LogP contribution in [0.25, 0.3) is 22.3 Å². The Morgan fingerprint density at radius 1 is 0.871 bits per heavy atom. The summed E-state index contributed by atoms with van der Waals surface area (Å²) in [6.45, 7) is 3.87. The molecule has 0 aliphatic heterocycles. The summed E-state index contributed by atoms with van der Waals surface area (Å²) in [6, 6.07) is 13.1. The molecule has 6 heteroatoms. The summed E-state index contributed by atoms with van der Waals surface area (Å²) < 4.78 is 16.5. The molecule has 6 nitrogen and oxygen atoms in total. The average Bonchev–Trinajstić information content (AvgIpc) is 2.77. The number of allylic oxidation sites excluding steroid dienone is 2. The van der Waals surface area contributed by atoms with Crippen LogP contribution >= 0.6 is 0 Å². The van der Waals surface area contributed by atoms with Crippen LogP contribution in [0.3, 0.4) is 0 Å². The molecular weight excluding hydrogens is 396 g/mol. The molecule has 0 fully saturated rings. The molecule has 0 aliphatic rings. The maximum Gasteiger partial charge on any atom is 0.170 e. The molecular formula is C25H24O6. The molecule has 0 radical (unpaired) electrons. The zero-order chi connectivity index (χ0) is 22.4. The molecule has 0 heterocycles.